The topological polar surface area (TPSA) is 75.2 Å². The van der Waals surface area contributed by atoms with Crippen LogP contribution in [0.1, 0.15) is 11.3 Å². The molecule has 34 heavy (non-hydrogen) atoms. The second-order valence-corrected chi connectivity index (χ2v) is 20.8. The number of aromatic nitrogens is 3. The van der Waals surface area contributed by atoms with E-state index < -0.39 is 27.8 Å². The molecule has 0 spiro atoms. The Hall–Kier alpha value is -2.75. The molecule has 3 rings (SSSR count). The van der Waals surface area contributed by atoms with E-state index in [-0.39, 0.29) is 24.6 Å². The van der Waals surface area contributed by atoms with Gasteiger partial charge in [-0.1, -0.05) is 45.2 Å². The third-order valence-electron chi connectivity index (χ3n) is 4.93. The number of anilines is 1. The van der Waals surface area contributed by atoms with Gasteiger partial charge in [-0.2, -0.15) is 5.10 Å². The Morgan fingerprint density at radius 2 is 1.85 bits per heavy atom. The molecule has 0 radical (unpaired) electrons. The summed E-state index contributed by atoms with van der Waals surface area (Å²) in [4.78, 5) is 4.48. The molecule has 0 saturated heterocycles. The first-order chi connectivity index (χ1) is 15.8. The summed E-state index contributed by atoms with van der Waals surface area (Å²) < 4.78 is 41.5. The molecular weight excluding hydrogens is 470 g/mol. The van der Waals surface area contributed by atoms with Gasteiger partial charge in [0.15, 0.2) is 11.5 Å². The summed E-state index contributed by atoms with van der Waals surface area (Å²) >= 11 is 0. The van der Waals surface area contributed by atoms with E-state index in [0.29, 0.717) is 29.1 Å². The van der Waals surface area contributed by atoms with Crippen molar-refractivity contribution < 1.29 is 18.3 Å². The maximum Gasteiger partial charge on any atom is 0.161 e. The van der Waals surface area contributed by atoms with Crippen molar-refractivity contribution in [3.63, 3.8) is 0 Å². The molecule has 0 aliphatic rings. The third kappa shape index (κ3) is 6.88. The van der Waals surface area contributed by atoms with Crippen molar-refractivity contribution in [3.05, 3.63) is 47.3 Å². The molecule has 1 aromatic carbocycles. The minimum Gasteiger partial charge on any atom is -0.487 e. The summed E-state index contributed by atoms with van der Waals surface area (Å²) in [5, 5.41) is 5.32. The number of nitrogen functional groups attached to an aromatic ring is 1. The minimum atomic E-state index is -1.65. The van der Waals surface area contributed by atoms with Gasteiger partial charge in [0.25, 0.3) is 0 Å². The van der Waals surface area contributed by atoms with Crippen LogP contribution in [0.25, 0.3) is 11.0 Å². The van der Waals surface area contributed by atoms with E-state index in [9.17, 15) is 8.78 Å². The molecular formula is C24H32F2N4O2Si2. The van der Waals surface area contributed by atoms with Crippen LogP contribution < -0.4 is 10.5 Å². The number of nitrogens with two attached hydrogens (primary N) is 1. The molecule has 2 aromatic heterocycles. The van der Waals surface area contributed by atoms with E-state index >= 15 is 0 Å². The second-order valence-electron chi connectivity index (χ2n) is 10.5. The molecule has 6 nitrogen and oxygen atoms in total. The van der Waals surface area contributed by atoms with Gasteiger partial charge in [-0.3, -0.25) is 0 Å². The fourth-order valence-electron chi connectivity index (χ4n) is 2.98. The zero-order valence-corrected chi connectivity index (χ0v) is 22.6. The van der Waals surface area contributed by atoms with Crippen LogP contribution in [0.2, 0.25) is 45.3 Å². The molecule has 10 heteroatoms. The van der Waals surface area contributed by atoms with Crippen LogP contribution >= 0.6 is 0 Å². The molecule has 0 aliphatic heterocycles. The summed E-state index contributed by atoms with van der Waals surface area (Å²) in [6.45, 7) is 14.0. The predicted octanol–water partition coefficient (Wildman–Crippen LogP) is 5.41. The zero-order chi connectivity index (χ0) is 25.1. The number of hydrogen-bond donors (Lipinski definition) is 1. The average molecular weight is 503 g/mol. The fourth-order valence-corrected chi connectivity index (χ4v) is 4.23. The summed E-state index contributed by atoms with van der Waals surface area (Å²) in [5.41, 5.74) is 9.71. The molecule has 0 aliphatic carbocycles. The van der Waals surface area contributed by atoms with Crippen molar-refractivity contribution >= 4 is 32.9 Å². The smallest absolute Gasteiger partial charge is 0.161 e. The highest BCUT2D eigenvalue weighted by Crippen LogP contribution is 2.25. The first-order valence-electron chi connectivity index (χ1n) is 11.2. The molecule has 0 atom stereocenters. The quantitative estimate of drug-likeness (QED) is 0.193. The van der Waals surface area contributed by atoms with Gasteiger partial charge >= 0.3 is 0 Å². The number of pyridine rings is 1. The van der Waals surface area contributed by atoms with E-state index in [1.54, 1.807) is 10.7 Å². The van der Waals surface area contributed by atoms with Gasteiger partial charge in [-0.15, -0.1) is 5.54 Å². The molecule has 2 N–H and O–H groups in total. The largest absolute Gasteiger partial charge is 0.487 e. The molecule has 0 fully saturated rings. The highest BCUT2D eigenvalue weighted by Gasteiger charge is 2.17. The SMILES string of the molecule is C[Si](C)(C)C#Cc1nn(COCC[Si](C)(C)C)c2ncc(OCc3c(F)ccc(N)c3F)cc12. The molecule has 0 unspecified atom stereocenters. The van der Waals surface area contributed by atoms with Crippen LogP contribution in [0, 0.1) is 23.1 Å². The van der Waals surface area contributed by atoms with E-state index in [4.69, 9.17) is 15.2 Å². The van der Waals surface area contributed by atoms with Crippen LogP contribution in [0.15, 0.2) is 24.4 Å². The van der Waals surface area contributed by atoms with Crippen LogP contribution in [-0.2, 0) is 18.1 Å². The van der Waals surface area contributed by atoms with Crippen LogP contribution in [-0.4, -0.2) is 37.5 Å². The highest BCUT2D eigenvalue weighted by molar-refractivity contribution is 6.83. The number of ether oxygens (including phenoxy) is 2. The highest BCUT2D eigenvalue weighted by atomic mass is 28.3. The van der Waals surface area contributed by atoms with E-state index in [1.807, 2.05) is 0 Å². The molecule has 3 aromatic rings. The van der Waals surface area contributed by atoms with Crippen molar-refractivity contribution in [2.75, 3.05) is 12.3 Å². The lowest BCUT2D eigenvalue weighted by Gasteiger charge is -2.15. The number of fused-ring (bicyclic) bond motifs is 1. The van der Waals surface area contributed by atoms with Gasteiger partial charge in [0.2, 0.25) is 0 Å². The minimum absolute atomic E-state index is 0.132. The second kappa shape index (κ2) is 10.3. The normalized spacial score (nSPS) is 12.0. The van der Waals surface area contributed by atoms with E-state index in [1.165, 1.54) is 12.3 Å². The number of hydrogen-bond acceptors (Lipinski definition) is 5. The first kappa shape index (κ1) is 25.9. The fraction of sp³-hybridized carbons (Fsp3) is 0.417. The summed E-state index contributed by atoms with van der Waals surface area (Å²) in [7, 11) is -2.84. The first-order valence-corrected chi connectivity index (χ1v) is 18.4. The Morgan fingerprint density at radius 1 is 1.12 bits per heavy atom. The van der Waals surface area contributed by atoms with E-state index in [2.05, 4.69) is 60.8 Å². The number of nitrogens with zero attached hydrogens (tertiary/aromatic N) is 3. The van der Waals surface area contributed by atoms with Gasteiger partial charge < -0.3 is 15.2 Å². The van der Waals surface area contributed by atoms with Crippen molar-refractivity contribution in [2.24, 2.45) is 0 Å². The van der Waals surface area contributed by atoms with E-state index in [0.717, 1.165) is 12.1 Å². The van der Waals surface area contributed by atoms with Crippen molar-refractivity contribution in [2.45, 2.75) is 58.7 Å². The lowest BCUT2D eigenvalue weighted by atomic mass is 10.2. The van der Waals surface area contributed by atoms with Crippen molar-refractivity contribution in [3.8, 4) is 17.2 Å². The summed E-state index contributed by atoms with van der Waals surface area (Å²) in [5.74, 6) is 2.00. The Morgan fingerprint density at radius 3 is 2.53 bits per heavy atom. The predicted molar refractivity (Wildman–Crippen MR) is 137 cm³/mol. The average Bonchev–Trinajstić information content (AvgIpc) is 3.08. The van der Waals surface area contributed by atoms with Gasteiger partial charge in [-0.25, -0.2) is 18.4 Å². The standard InChI is InChI=1S/C24H32F2N4O2Si2/c1-33(2,3)11-9-22-18-13-17(32-15-19-20(25)7-8-21(27)23(19)26)14-28-24(18)30(29-22)16-31-10-12-34(4,5)6/h7-8,13-14H,10,12,15-16,27H2,1-6H3. The van der Waals surface area contributed by atoms with Gasteiger partial charge in [0.05, 0.1) is 22.8 Å². The van der Waals surface area contributed by atoms with Gasteiger partial charge in [0, 0.05) is 14.7 Å². The Balaban J connectivity index is 1.88. The Labute approximate surface area is 201 Å². The summed E-state index contributed by atoms with van der Waals surface area (Å²) in [6, 6.07) is 5.10. The van der Waals surface area contributed by atoms with Crippen molar-refractivity contribution in [1.82, 2.24) is 14.8 Å². The lowest BCUT2D eigenvalue weighted by molar-refractivity contribution is 0.0812. The van der Waals surface area contributed by atoms with Crippen LogP contribution in [0.5, 0.6) is 5.75 Å². The maximum atomic E-state index is 14.2. The number of rotatable bonds is 8. The van der Waals surface area contributed by atoms with Crippen LogP contribution in [0.3, 0.4) is 0 Å². The van der Waals surface area contributed by atoms with Crippen LogP contribution in [0.4, 0.5) is 14.5 Å². The number of halogens is 2. The number of benzene rings is 1. The maximum absolute atomic E-state index is 14.2. The van der Waals surface area contributed by atoms with Gasteiger partial charge in [-0.05, 0) is 24.2 Å². The summed E-state index contributed by atoms with van der Waals surface area (Å²) in [6.07, 6.45) is 1.50. The Kier molecular flexibility index (Phi) is 7.80. The van der Waals surface area contributed by atoms with Crippen molar-refractivity contribution in [1.29, 1.82) is 0 Å². The molecule has 0 bridgehead atoms. The lowest BCUT2D eigenvalue weighted by Crippen LogP contribution is -2.22. The molecule has 2 heterocycles. The Bertz CT molecular complexity index is 1240. The zero-order valence-electron chi connectivity index (χ0n) is 20.6. The monoisotopic (exact) mass is 502 g/mol. The molecule has 0 saturated carbocycles. The molecule has 182 valence electrons. The third-order valence-corrected chi connectivity index (χ3v) is 7.51. The molecule has 0 amide bonds. The van der Waals surface area contributed by atoms with Gasteiger partial charge in [0.1, 0.15) is 38.7 Å².